The van der Waals surface area contributed by atoms with Gasteiger partial charge in [-0.1, -0.05) is 0 Å². The Morgan fingerprint density at radius 2 is 1.88 bits per heavy atom. The molecule has 0 bridgehead atoms. The van der Waals surface area contributed by atoms with E-state index in [0.29, 0.717) is 17.8 Å². The first-order chi connectivity index (χ1) is 11.5. The average Bonchev–Trinajstić information content (AvgIpc) is 2.54. The van der Waals surface area contributed by atoms with E-state index in [4.69, 9.17) is 10.00 Å². The predicted octanol–water partition coefficient (Wildman–Crippen LogP) is 3.65. The fraction of sp³-hybridized carbons (Fsp3) is 0.632. The Morgan fingerprint density at radius 3 is 2.46 bits per heavy atom. The van der Waals surface area contributed by atoms with E-state index >= 15 is 0 Å². The van der Waals surface area contributed by atoms with Crippen LogP contribution >= 0.6 is 15.9 Å². The number of nitrogens with zero attached hydrogens (tertiary/aromatic N) is 3. The Balaban J connectivity index is 1.53. The van der Waals surface area contributed by atoms with Gasteiger partial charge in [0.05, 0.1) is 29.5 Å². The zero-order chi connectivity index (χ0) is 17.1. The normalized spacial score (nSPS) is 26.3. The van der Waals surface area contributed by atoms with Gasteiger partial charge in [0.1, 0.15) is 0 Å². The van der Waals surface area contributed by atoms with Crippen LogP contribution in [0.3, 0.4) is 0 Å². The van der Waals surface area contributed by atoms with Gasteiger partial charge in [0.2, 0.25) is 0 Å². The molecule has 0 aliphatic carbocycles. The molecular weight excluding hydrogens is 366 g/mol. The quantitative estimate of drug-likeness (QED) is 0.788. The van der Waals surface area contributed by atoms with Crippen LogP contribution in [0.25, 0.3) is 0 Å². The number of rotatable bonds is 3. The second-order valence-corrected chi connectivity index (χ2v) is 8.04. The van der Waals surface area contributed by atoms with Gasteiger partial charge in [-0.05, 0) is 66.7 Å². The summed E-state index contributed by atoms with van der Waals surface area (Å²) < 4.78 is 6.86. The summed E-state index contributed by atoms with van der Waals surface area (Å²) in [6, 6.07) is 8.08. The van der Waals surface area contributed by atoms with Crippen molar-refractivity contribution in [3.05, 3.63) is 28.2 Å². The van der Waals surface area contributed by atoms with Crippen LogP contribution in [0.15, 0.2) is 22.7 Å². The molecule has 2 saturated heterocycles. The van der Waals surface area contributed by atoms with Crippen molar-refractivity contribution in [2.75, 3.05) is 37.6 Å². The molecule has 24 heavy (non-hydrogen) atoms. The van der Waals surface area contributed by atoms with Gasteiger partial charge in [-0.25, -0.2) is 0 Å². The number of halogens is 1. The summed E-state index contributed by atoms with van der Waals surface area (Å²) in [4.78, 5) is 5.02. The zero-order valence-electron chi connectivity index (χ0n) is 14.5. The molecule has 0 spiro atoms. The lowest BCUT2D eigenvalue weighted by Crippen LogP contribution is -2.48. The van der Waals surface area contributed by atoms with Crippen molar-refractivity contribution in [1.82, 2.24) is 4.90 Å². The maximum atomic E-state index is 8.99. The third-order valence-electron chi connectivity index (χ3n) is 5.04. The number of hydrogen-bond acceptors (Lipinski definition) is 4. The van der Waals surface area contributed by atoms with E-state index in [-0.39, 0.29) is 0 Å². The molecule has 2 aliphatic rings. The lowest BCUT2D eigenvalue weighted by Gasteiger charge is -2.40. The first-order valence-corrected chi connectivity index (χ1v) is 9.67. The van der Waals surface area contributed by atoms with Gasteiger partial charge in [-0.3, -0.25) is 4.90 Å². The number of benzene rings is 1. The molecule has 1 aromatic rings. The molecule has 1 aromatic carbocycles. The van der Waals surface area contributed by atoms with Crippen LogP contribution in [-0.2, 0) is 4.74 Å². The van der Waals surface area contributed by atoms with Crippen molar-refractivity contribution in [2.45, 2.75) is 38.9 Å². The number of ether oxygens (including phenoxy) is 1. The van der Waals surface area contributed by atoms with Crippen molar-refractivity contribution < 1.29 is 4.74 Å². The summed E-state index contributed by atoms with van der Waals surface area (Å²) in [6.45, 7) is 9.84. The largest absolute Gasteiger partial charge is 0.373 e. The van der Waals surface area contributed by atoms with Gasteiger partial charge < -0.3 is 9.64 Å². The molecule has 0 amide bonds. The van der Waals surface area contributed by atoms with Crippen molar-refractivity contribution in [2.24, 2.45) is 5.92 Å². The molecule has 0 N–H and O–H groups in total. The Kier molecular flexibility index (Phi) is 5.80. The van der Waals surface area contributed by atoms with Crippen molar-refractivity contribution >= 4 is 21.6 Å². The first-order valence-electron chi connectivity index (χ1n) is 8.87. The number of nitriles is 1. The Labute approximate surface area is 153 Å². The molecule has 0 aromatic heterocycles. The Hall–Kier alpha value is -1.09. The molecule has 3 rings (SSSR count). The Bertz CT molecular complexity index is 597. The van der Waals surface area contributed by atoms with Gasteiger partial charge >= 0.3 is 0 Å². The average molecular weight is 392 g/mol. The second kappa shape index (κ2) is 7.86. The van der Waals surface area contributed by atoms with Gasteiger partial charge in [0.25, 0.3) is 0 Å². The maximum Gasteiger partial charge on any atom is 0.0992 e. The van der Waals surface area contributed by atoms with E-state index in [2.05, 4.69) is 51.7 Å². The Morgan fingerprint density at radius 1 is 1.21 bits per heavy atom. The van der Waals surface area contributed by atoms with Crippen LogP contribution < -0.4 is 4.90 Å². The minimum absolute atomic E-state index is 0.350. The molecule has 130 valence electrons. The highest BCUT2D eigenvalue weighted by molar-refractivity contribution is 9.10. The van der Waals surface area contributed by atoms with Crippen LogP contribution in [0.5, 0.6) is 0 Å². The number of morpholine rings is 1. The van der Waals surface area contributed by atoms with E-state index in [0.717, 1.165) is 36.6 Å². The molecule has 2 fully saturated rings. The fourth-order valence-electron chi connectivity index (χ4n) is 3.99. The zero-order valence-corrected chi connectivity index (χ0v) is 16.1. The van der Waals surface area contributed by atoms with Crippen molar-refractivity contribution in [1.29, 1.82) is 5.26 Å². The lowest BCUT2D eigenvalue weighted by atomic mass is 9.95. The van der Waals surface area contributed by atoms with Crippen LogP contribution in [0, 0.1) is 17.2 Å². The molecular formula is C19H26BrN3O. The van der Waals surface area contributed by atoms with Crippen LogP contribution in [0.1, 0.15) is 32.3 Å². The van der Waals surface area contributed by atoms with Gasteiger partial charge in [0, 0.05) is 37.2 Å². The maximum absolute atomic E-state index is 8.99. The monoisotopic (exact) mass is 391 g/mol. The van der Waals surface area contributed by atoms with Gasteiger partial charge in [0.15, 0.2) is 0 Å². The third-order valence-corrected chi connectivity index (χ3v) is 5.68. The minimum Gasteiger partial charge on any atom is -0.373 e. The van der Waals surface area contributed by atoms with E-state index in [9.17, 15) is 0 Å². The highest BCUT2D eigenvalue weighted by Gasteiger charge is 2.27. The topological polar surface area (TPSA) is 39.5 Å². The van der Waals surface area contributed by atoms with Gasteiger partial charge in [-0.2, -0.15) is 5.26 Å². The van der Waals surface area contributed by atoms with E-state index in [1.807, 2.05) is 12.1 Å². The van der Waals surface area contributed by atoms with Crippen LogP contribution in [0.2, 0.25) is 0 Å². The fourth-order valence-corrected chi connectivity index (χ4v) is 4.62. The summed E-state index contributed by atoms with van der Waals surface area (Å²) in [5.41, 5.74) is 1.91. The van der Waals surface area contributed by atoms with Crippen LogP contribution in [0.4, 0.5) is 5.69 Å². The summed E-state index contributed by atoms with van der Waals surface area (Å²) in [7, 11) is 0. The lowest BCUT2D eigenvalue weighted by molar-refractivity contribution is -0.0720. The molecule has 2 aliphatic heterocycles. The molecule has 2 atom stereocenters. The first kappa shape index (κ1) is 17.7. The van der Waals surface area contributed by atoms with Crippen LogP contribution in [-0.4, -0.2) is 49.8 Å². The third kappa shape index (κ3) is 4.30. The summed E-state index contributed by atoms with van der Waals surface area (Å²) >= 11 is 3.62. The van der Waals surface area contributed by atoms with E-state index < -0.39 is 0 Å². The van der Waals surface area contributed by atoms with Gasteiger partial charge in [-0.15, -0.1) is 0 Å². The minimum atomic E-state index is 0.350. The van der Waals surface area contributed by atoms with Crippen molar-refractivity contribution in [3.8, 4) is 6.07 Å². The smallest absolute Gasteiger partial charge is 0.0992 e. The number of piperidine rings is 1. The standard InChI is InChI=1S/C19H26BrN3O/c1-14-11-22(12-15(2)24-14)13-16-5-7-23(8-6-16)19-4-3-17(10-21)9-18(19)20/h3-4,9,14-16H,5-8,11-13H2,1-2H3. The molecule has 0 saturated carbocycles. The van der Waals surface area contributed by atoms with E-state index in [1.165, 1.54) is 25.1 Å². The summed E-state index contributed by atoms with van der Waals surface area (Å²) in [5, 5.41) is 8.99. The van der Waals surface area contributed by atoms with Crippen molar-refractivity contribution in [3.63, 3.8) is 0 Å². The summed E-state index contributed by atoms with van der Waals surface area (Å²) in [6.07, 6.45) is 3.16. The summed E-state index contributed by atoms with van der Waals surface area (Å²) in [5.74, 6) is 0.774. The SMILES string of the molecule is CC1CN(CC2CCN(c3ccc(C#N)cc3Br)CC2)CC(C)O1. The molecule has 5 heteroatoms. The predicted molar refractivity (Wildman–Crippen MR) is 100 cm³/mol. The molecule has 4 nitrogen and oxygen atoms in total. The number of anilines is 1. The molecule has 2 unspecified atom stereocenters. The highest BCUT2D eigenvalue weighted by Crippen LogP contribution is 2.31. The number of hydrogen-bond donors (Lipinski definition) is 0. The second-order valence-electron chi connectivity index (χ2n) is 7.18. The highest BCUT2D eigenvalue weighted by atomic mass is 79.9. The molecule has 0 radical (unpaired) electrons. The van der Waals surface area contributed by atoms with E-state index in [1.54, 1.807) is 0 Å². The molecule has 2 heterocycles.